The molecule has 0 saturated heterocycles. The van der Waals surface area contributed by atoms with E-state index in [1.807, 2.05) is 0 Å². The van der Waals surface area contributed by atoms with Crippen molar-refractivity contribution in [2.75, 3.05) is 27.2 Å². The summed E-state index contributed by atoms with van der Waals surface area (Å²) in [5, 5.41) is 17.7. The van der Waals surface area contributed by atoms with Crippen LogP contribution in [0.5, 0.6) is 0 Å². The molecule has 0 aromatic rings. The Morgan fingerprint density at radius 3 is 2.24 bits per heavy atom. The van der Waals surface area contributed by atoms with Crippen LogP contribution >= 0.6 is 0 Å². The molecule has 0 rings (SSSR count). The minimum absolute atomic E-state index is 0.0296. The molecule has 1 atom stereocenters. The fraction of sp³-hybridized carbons (Fsp3) is 0.667. The minimum Gasteiger partial charge on any atom is -0.477 e. The number of hydrogen-bond acceptors (Lipinski definition) is 2. The van der Waals surface area contributed by atoms with Crippen molar-refractivity contribution in [3.63, 3.8) is 0 Å². The van der Waals surface area contributed by atoms with Gasteiger partial charge in [-0.3, -0.25) is 0 Å². The third kappa shape index (κ3) is 6.90. The number of quaternary nitrogens is 1. The Morgan fingerprint density at radius 2 is 1.88 bits per heavy atom. The zero-order valence-electron chi connectivity index (χ0n) is 9.33. The summed E-state index contributed by atoms with van der Waals surface area (Å²) in [5.74, 6) is -3.55. The molecule has 0 aromatic heterocycles. The zero-order chi connectivity index (χ0) is 13.9. The van der Waals surface area contributed by atoms with Gasteiger partial charge >= 0.3 is 12.1 Å². The van der Waals surface area contributed by atoms with Crippen molar-refractivity contribution in [3.05, 3.63) is 11.9 Å². The molecule has 8 heteroatoms. The lowest BCUT2D eigenvalue weighted by Crippen LogP contribution is -2.48. The number of rotatable bonds is 5. The maximum Gasteiger partial charge on any atom is 0.442 e. The molecule has 0 aromatic carbocycles. The van der Waals surface area contributed by atoms with Gasteiger partial charge in [0.05, 0.1) is 14.1 Å². The Morgan fingerprint density at radius 1 is 1.41 bits per heavy atom. The number of alkyl halides is 3. The van der Waals surface area contributed by atoms with Crippen molar-refractivity contribution < 1.29 is 37.1 Å². The van der Waals surface area contributed by atoms with E-state index < -0.39 is 30.6 Å². The molecular formula is C9H14F4NO3+. The van der Waals surface area contributed by atoms with Crippen molar-refractivity contribution in [2.45, 2.75) is 12.3 Å². The normalized spacial score (nSPS) is 15.8. The third-order valence-corrected chi connectivity index (χ3v) is 1.85. The average Bonchev–Trinajstić information content (AvgIpc) is 1.96. The van der Waals surface area contributed by atoms with E-state index >= 15 is 0 Å². The average molecular weight is 260 g/mol. The number of carboxylic acid groups (broad SMARTS) is 1. The van der Waals surface area contributed by atoms with E-state index in [2.05, 4.69) is 0 Å². The predicted molar refractivity (Wildman–Crippen MR) is 50.7 cm³/mol. The fourth-order valence-corrected chi connectivity index (χ4v) is 1.25. The maximum atomic E-state index is 12.5. The number of aliphatic hydroxyl groups excluding tert-OH is 1. The highest BCUT2D eigenvalue weighted by Gasteiger charge is 2.35. The van der Waals surface area contributed by atoms with Crippen molar-refractivity contribution in [1.82, 2.24) is 0 Å². The van der Waals surface area contributed by atoms with Crippen LogP contribution in [0.1, 0.15) is 0 Å². The molecule has 0 spiro atoms. The fourth-order valence-electron chi connectivity index (χ4n) is 1.25. The molecule has 0 aliphatic rings. The van der Waals surface area contributed by atoms with Crippen LogP contribution in [0.15, 0.2) is 11.9 Å². The number of allylic oxidation sites excluding steroid dienone is 1. The molecule has 1 unspecified atom stereocenters. The third-order valence-electron chi connectivity index (χ3n) is 1.85. The molecule has 0 bridgehead atoms. The number of aliphatic carboxylic acids is 1. The van der Waals surface area contributed by atoms with Gasteiger partial charge in [-0.25, -0.2) is 9.18 Å². The summed E-state index contributed by atoms with van der Waals surface area (Å²) in [6.45, 7) is -0.728. The number of carboxylic acids is 1. The van der Waals surface area contributed by atoms with Gasteiger partial charge in [0, 0.05) is 0 Å². The minimum atomic E-state index is -5.13. The van der Waals surface area contributed by atoms with E-state index in [4.69, 9.17) is 5.11 Å². The highest BCUT2D eigenvalue weighted by atomic mass is 19.4. The molecule has 2 N–H and O–H groups in total. The maximum absolute atomic E-state index is 12.5. The van der Waals surface area contributed by atoms with Crippen LogP contribution in [0.25, 0.3) is 0 Å². The first-order valence-corrected chi connectivity index (χ1v) is 4.60. The van der Waals surface area contributed by atoms with Gasteiger partial charge in [0.25, 0.3) is 0 Å². The van der Waals surface area contributed by atoms with Crippen molar-refractivity contribution in [1.29, 1.82) is 0 Å². The van der Waals surface area contributed by atoms with Crippen LogP contribution in [-0.2, 0) is 4.79 Å². The summed E-state index contributed by atoms with van der Waals surface area (Å²) in [5.41, 5.74) is 0. The molecular weight excluding hydrogens is 246 g/mol. The lowest BCUT2D eigenvalue weighted by Gasteiger charge is -2.29. The summed E-state index contributed by atoms with van der Waals surface area (Å²) in [4.78, 5) is 10.4. The smallest absolute Gasteiger partial charge is 0.442 e. The van der Waals surface area contributed by atoms with Crippen molar-refractivity contribution >= 4 is 5.97 Å². The van der Waals surface area contributed by atoms with Gasteiger partial charge in [0.2, 0.25) is 5.83 Å². The Kier molecular flexibility index (Phi) is 5.09. The van der Waals surface area contributed by atoms with Gasteiger partial charge in [-0.2, -0.15) is 13.2 Å². The second-order valence-electron chi connectivity index (χ2n) is 4.25. The molecule has 4 nitrogen and oxygen atoms in total. The molecule has 0 heterocycles. The van der Waals surface area contributed by atoms with E-state index in [1.165, 1.54) is 14.1 Å². The number of likely N-dealkylation sites (N-methyl/N-ethyl adjacent to an activating group) is 1. The van der Waals surface area contributed by atoms with Crippen LogP contribution in [0.2, 0.25) is 0 Å². The number of aliphatic hydroxyl groups is 1. The summed E-state index contributed by atoms with van der Waals surface area (Å²) < 4.78 is 47.6. The van der Waals surface area contributed by atoms with Crippen LogP contribution in [0.3, 0.4) is 0 Å². The Labute approximate surface area is 95.4 Å². The largest absolute Gasteiger partial charge is 0.477 e. The first-order valence-electron chi connectivity index (χ1n) is 4.60. The predicted octanol–water partition coefficient (Wildman–Crippen LogP) is 0.924. The van der Waals surface area contributed by atoms with Gasteiger partial charge < -0.3 is 14.7 Å². The molecule has 17 heavy (non-hydrogen) atoms. The summed E-state index contributed by atoms with van der Waals surface area (Å²) in [6, 6.07) is 0. The zero-order valence-corrected chi connectivity index (χ0v) is 9.33. The van der Waals surface area contributed by atoms with Crippen LogP contribution in [0, 0.1) is 0 Å². The number of hydrogen-bond donors (Lipinski definition) is 2. The van der Waals surface area contributed by atoms with E-state index in [0.29, 0.717) is 0 Å². The summed E-state index contributed by atoms with van der Waals surface area (Å²) in [6.07, 6.45) is -6.81. The number of nitrogens with zero attached hydrogens (tertiary/aromatic N) is 1. The molecule has 100 valence electrons. The lowest BCUT2D eigenvalue weighted by atomic mass is 10.2. The van der Waals surface area contributed by atoms with Crippen LogP contribution in [0.4, 0.5) is 17.6 Å². The topological polar surface area (TPSA) is 57.5 Å². The lowest BCUT2D eigenvalue weighted by molar-refractivity contribution is -0.885. The second kappa shape index (κ2) is 5.46. The van der Waals surface area contributed by atoms with Crippen LogP contribution < -0.4 is 0 Å². The van der Waals surface area contributed by atoms with Crippen molar-refractivity contribution in [2.24, 2.45) is 0 Å². The summed E-state index contributed by atoms with van der Waals surface area (Å²) >= 11 is 0. The number of halogens is 4. The van der Waals surface area contributed by atoms with E-state index in [-0.39, 0.29) is 17.1 Å². The van der Waals surface area contributed by atoms with Crippen LogP contribution in [-0.4, -0.2) is 60.1 Å². The Hall–Kier alpha value is -1.15. The monoisotopic (exact) mass is 260 g/mol. The Bertz CT molecular complexity index is 312. The van der Waals surface area contributed by atoms with Gasteiger partial charge in [0.1, 0.15) is 12.6 Å². The second-order valence-corrected chi connectivity index (χ2v) is 4.25. The highest BCUT2D eigenvalue weighted by molar-refractivity contribution is 5.67. The first-order chi connectivity index (χ1) is 7.44. The van der Waals surface area contributed by atoms with E-state index in [1.54, 1.807) is 0 Å². The highest BCUT2D eigenvalue weighted by Crippen LogP contribution is 2.26. The molecule has 0 aliphatic heterocycles. The summed E-state index contributed by atoms with van der Waals surface area (Å²) in [7, 11) is 2.80. The number of carbonyl (C=O) groups is 1. The van der Waals surface area contributed by atoms with E-state index in [9.17, 15) is 27.5 Å². The van der Waals surface area contributed by atoms with Gasteiger partial charge in [-0.1, -0.05) is 0 Å². The quantitative estimate of drug-likeness (QED) is 0.571. The van der Waals surface area contributed by atoms with Gasteiger partial charge in [0.15, 0.2) is 6.54 Å². The molecule has 0 amide bonds. The first kappa shape index (κ1) is 15.9. The van der Waals surface area contributed by atoms with E-state index in [0.717, 1.165) is 0 Å². The Balaban J connectivity index is 4.55. The standard InChI is InChI=1S/C9H13F4NO3/c1-14(2,5-8(16)17)4-6(15)3-7(10)9(11,12)13/h3,6,15H,4-5H2,1-2H3/p+1. The molecule has 0 saturated carbocycles. The molecule has 0 radical (unpaired) electrons. The van der Waals surface area contributed by atoms with Gasteiger partial charge in [-0.15, -0.1) is 0 Å². The molecule has 0 fully saturated rings. The SMILES string of the molecule is C[N+](C)(CC(=O)O)CC(O)C=C(F)C(F)(F)F. The molecule has 0 aliphatic carbocycles. The van der Waals surface area contributed by atoms with Crippen molar-refractivity contribution in [3.8, 4) is 0 Å². The van der Waals surface area contributed by atoms with Gasteiger partial charge in [-0.05, 0) is 6.08 Å².